The lowest BCUT2D eigenvalue weighted by Gasteiger charge is -2.28. The zero-order chi connectivity index (χ0) is 40.7. The van der Waals surface area contributed by atoms with Crippen molar-refractivity contribution in [2.24, 2.45) is 0 Å². The molecule has 0 spiro atoms. The van der Waals surface area contributed by atoms with Gasteiger partial charge in [-0.25, -0.2) is 4.79 Å². The summed E-state index contributed by atoms with van der Waals surface area (Å²) in [6, 6.07) is 29.0. The van der Waals surface area contributed by atoms with Crippen LogP contribution in [0.25, 0.3) is 11.1 Å². The van der Waals surface area contributed by atoms with Gasteiger partial charge in [-0.2, -0.15) is 0 Å². The maximum Gasteiger partial charge on any atom is 0.341 e. The summed E-state index contributed by atoms with van der Waals surface area (Å²) in [5, 5.41) is 0.0786. The van der Waals surface area contributed by atoms with E-state index in [-0.39, 0.29) is 25.7 Å². The number of fused-ring (bicyclic) bond motifs is 1. The van der Waals surface area contributed by atoms with Gasteiger partial charge < -0.3 is 24.0 Å². The molecule has 5 aromatic carbocycles. The number of rotatable bonds is 10. The van der Waals surface area contributed by atoms with Gasteiger partial charge in [0.2, 0.25) is 0 Å². The minimum Gasteiger partial charge on any atom is -0.497 e. The number of nitrogens with zero attached hydrogens (tertiary/aromatic N) is 2. The Labute approximate surface area is 360 Å². The second-order valence-corrected chi connectivity index (χ2v) is 16.7. The summed E-state index contributed by atoms with van der Waals surface area (Å²) in [6.07, 6.45) is 8.63. The maximum absolute atomic E-state index is 14.3. The Morgan fingerprint density at radius 2 is 1.02 bits per heavy atom. The SMILES string of the molecule is COc1ccc(/C(=C\C2(/C=C(/c3ccc(N4CCCC4)cc3)c3ccc(OC)cc3C)OC(=O)c3c(Cl)c(Cl)c(Cl)c(Cl)c32)c2ccc(N3CCCC3)cc2)c(C)c1. The van der Waals surface area contributed by atoms with Crippen LogP contribution in [0.15, 0.2) is 97.1 Å². The Morgan fingerprint density at radius 3 is 1.41 bits per heavy atom. The van der Waals surface area contributed by atoms with Crippen molar-refractivity contribution in [2.45, 2.75) is 45.1 Å². The number of hydrogen-bond donors (Lipinski definition) is 0. The highest BCUT2D eigenvalue weighted by molar-refractivity contribution is 6.53. The van der Waals surface area contributed by atoms with E-state index in [1.165, 1.54) is 25.7 Å². The van der Waals surface area contributed by atoms with E-state index in [1.807, 2.05) is 62.4 Å². The molecule has 3 aliphatic rings. The van der Waals surface area contributed by atoms with Crippen LogP contribution in [-0.2, 0) is 10.3 Å². The summed E-state index contributed by atoms with van der Waals surface area (Å²) in [4.78, 5) is 19.1. The first-order valence-corrected chi connectivity index (χ1v) is 21.1. The third-order valence-corrected chi connectivity index (χ3v) is 13.4. The van der Waals surface area contributed by atoms with Crippen molar-refractivity contribution >= 4 is 74.9 Å². The van der Waals surface area contributed by atoms with Gasteiger partial charge in [-0.15, -0.1) is 0 Å². The average molecular weight is 855 g/mol. The second-order valence-electron chi connectivity index (χ2n) is 15.1. The van der Waals surface area contributed by atoms with E-state index in [1.54, 1.807) is 14.2 Å². The van der Waals surface area contributed by atoms with Crippen LogP contribution in [0.3, 0.4) is 0 Å². The molecule has 0 atom stereocenters. The third-order valence-electron chi connectivity index (χ3n) is 11.6. The number of carbonyl (C=O) groups is 1. The highest BCUT2D eigenvalue weighted by Gasteiger charge is 2.48. The molecule has 10 heteroatoms. The lowest BCUT2D eigenvalue weighted by atomic mass is 9.82. The first-order valence-electron chi connectivity index (χ1n) is 19.6. The molecule has 6 nitrogen and oxygen atoms in total. The number of cyclic esters (lactones) is 1. The Hall–Kier alpha value is -4.59. The van der Waals surface area contributed by atoms with Crippen LogP contribution in [0.1, 0.15) is 75.0 Å². The first-order chi connectivity index (χ1) is 28.0. The molecule has 0 unspecified atom stereocenters. The van der Waals surface area contributed by atoms with Gasteiger partial charge in [0, 0.05) is 43.1 Å². The molecule has 3 aliphatic heterocycles. The number of carbonyl (C=O) groups excluding carboxylic acids is 1. The van der Waals surface area contributed by atoms with Crippen LogP contribution in [0.5, 0.6) is 11.5 Å². The second kappa shape index (κ2) is 16.6. The van der Waals surface area contributed by atoms with E-state index >= 15 is 0 Å². The zero-order valence-electron chi connectivity index (χ0n) is 32.9. The fourth-order valence-corrected chi connectivity index (χ4v) is 9.62. The molecule has 2 fully saturated rings. The van der Waals surface area contributed by atoms with Gasteiger partial charge >= 0.3 is 5.97 Å². The van der Waals surface area contributed by atoms with Crippen LogP contribution < -0.4 is 19.3 Å². The van der Waals surface area contributed by atoms with E-state index in [0.717, 1.165) is 93.6 Å². The van der Waals surface area contributed by atoms with Gasteiger partial charge in [0.1, 0.15) is 11.5 Å². The summed E-state index contributed by atoms with van der Waals surface area (Å²) < 4.78 is 17.9. The lowest BCUT2D eigenvalue weighted by molar-refractivity contribution is 0.0300. The summed E-state index contributed by atoms with van der Waals surface area (Å²) in [5.41, 5.74) is 8.23. The fraction of sp³-hybridized carbons (Fsp3) is 0.271. The van der Waals surface area contributed by atoms with Gasteiger partial charge in [0.05, 0.1) is 39.9 Å². The van der Waals surface area contributed by atoms with Gasteiger partial charge in [-0.1, -0.05) is 82.8 Å². The molecular weight excluding hydrogens is 810 g/mol. The molecule has 0 N–H and O–H groups in total. The summed E-state index contributed by atoms with van der Waals surface area (Å²) >= 11 is 27.6. The largest absolute Gasteiger partial charge is 0.497 e. The highest BCUT2D eigenvalue weighted by Crippen LogP contribution is 2.54. The smallest absolute Gasteiger partial charge is 0.341 e. The molecule has 298 valence electrons. The van der Waals surface area contributed by atoms with E-state index in [4.69, 9.17) is 60.6 Å². The maximum atomic E-state index is 14.3. The number of benzene rings is 5. The molecule has 0 aromatic heterocycles. The Balaban J connectivity index is 1.44. The number of aryl methyl sites for hydroxylation is 2. The molecule has 0 saturated carbocycles. The number of esters is 1. The van der Waals surface area contributed by atoms with E-state index in [2.05, 4.69) is 58.3 Å². The quantitative estimate of drug-likeness (QED) is 0.0792. The molecule has 2 saturated heterocycles. The average Bonchev–Trinajstić information content (AvgIpc) is 4.03. The predicted molar refractivity (Wildman–Crippen MR) is 239 cm³/mol. The normalized spacial score (nSPS) is 18.2. The summed E-state index contributed by atoms with van der Waals surface area (Å²) in [7, 11) is 3.30. The van der Waals surface area contributed by atoms with Gasteiger partial charge in [0.25, 0.3) is 0 Å². The molecule has 0 amide bonds. The number of ether oxygens (including phenoxy) is 3. The van der Waals surface area contributed by atoms with Crippen molar-refractivity contribution in [3.05, 3.63) is 162 Å². The Bertz CT molecular complexity index is 2320. The number of methoxy groups -OCH3 is 2. The summed E-state index contributed by atoms with van der Waals surface area (Å²) in [6.45, 7) is 8.17. The third kappa shape index (κ3) is 7.45. The van der Waals surface area contributed by atoms with E-state index < -0.39 is 11.6 Å². The molecule has 0 bridgehead atoms. The van der Waals surface area contributed by atoms with Crippen molar-refractivity contribution in [1.29, 1.82) is 0 Å². The van der Waals surface area contributed by atoms with E-state index in [9.17, 15) is 4.79 Å². The lowest BCUT2D eigenvalue weighted by Crippen LogP contribution is -2.23. The molecule has 5 aromatic rings. The molecule has 0 aliphatic carbocycles. The van der Waals surface area contributed by atoms with Gasteiger partial charge in [-0.3, -0.25) is 0 Å². The number of anilines is 2. The van der Waals surface area contributed by atoms with Crippen molar-refractivity contribution in [2.75, 3.05) is 50.2 Å². The molecule has 3 heterocycles. The van der Waals surface area contributed by atoms with Crippen molar-refractivity contribution in [1.82, 2.24) is 0 Å². The van der Waals surface area contributed by atoms with Crippen LogP contribution in [0.4, 0.5) is 11.4 Å². The number of halogens is 4. The van der Waals surface area contributed by atoms with Crippen molar-refractivity contribution < 1.29 is 19.0 Å². The number of hydrogen-bond acceptors (Lipinski definition) is 6. The molecular formula is C48H44Cl4N2O4. The zero-order valence-corrected chi connectivity index (χ0v) is 36.0. The van der Waals surface area contributed by atoms with Crippen molar-refractivity contribution in [3.8, 4) is 11.5 Å². The standard InChI is InChI=1S/C48H44Cl4N2O4/c1-29-25-35(56-3)17-19-37(29)39(31-9-13-33(14-10-31)53-21-5-6-22-53)27-48(42-41(47(55)58-48)43(49)45(51)46(52)44(42)50)28-40(38-20-18-36(57-4)26-30(38)2)32-11-15-34(16-12-32)54-23-7-8-24-54/h9-20,25-28H,5-8,21-24H2,1-4H3/b39-27-,40-28-. The molecule has 58 heavy (non-hydrogen) atoms. The van der Waals surface area contributed by atoms with Crippen LogP contribution in [0.2, 0.25) is 20.1 Å². The first kappa shape index (κ1) is 40.2. The van der Waals surface area contributed by atoms with Gasteiger partial charge in [0.15, 0.2) is 5.60 Å². The van der Waals surface area contributed by atoms with Gasteiger partial charge in [-0.05, 0) is 145 Å². The van der Waals surface area contributed by atoms with Crippen LogP contribution >= 0.6 is 46.4 Å². The van der Waals surface area contributed by atoms with Crippen LogP contribution in [-0.4, -0.2) is 46.4 Å². The summed E-state index contributed by atoms with van der Waals surface area (Å²) in [5.74, 6) is 0.782. The monoisotopic (exact) mass is 852 g/mol. The Morgan fingerprint density at radius 1 is 0.603 bits per heavy atom. The Kier molecular flexibility index (Phi) is 11.5. The minimum absolute atomic E-state index is 0.0137. The fourth-order valence-electron chi connectivity index (χ4n) is 8.54. The topological polar surface area (TPSA) is 51.2 Å². The minimum atomic E-state index is -1.63. The van der Waals surface area contributed by atoms with E-state index in [0.29, 0.717) is 5.56 Å². The van der Waals surface area contributed by atoms with Crippen LogP contribution in [0, 0.1) is 13.8 Å². The van der Waals surface area contributed by atoms with Crippen molar-refractivity contribution in [3.63, 3.8) is 0 Å². The predicted octanol–water partition coefficient (Wildman–Crippen LogP) is 12.8. The molecule has 8 rings (SSSR count). The molecule has 0 radical (unpaired) electrons. The highest BCUT2D eigenvalue weighted by atomic mass is 35.5.